The molecule has 0 aliphatic heterocycles. The molecule has 4 aromatic carbocycles. The van der Waals surface area contributed by atoms with Crippen molar-refractivity contribution in [3.05, 3.63) is 115 Å². The van der Waals surface area contributed by atoms with Gasteiger partial charge in [-0.15, -0.1) is 0 Å². The average molecular weight is 411 g/mol. The van der Waals surface area contributed by atoms with Crippen molar-refractivity contribution < 1.29 is 0 Å². The zero-order chi connectivity index (χ0) is 21.9. The minimum atomic E-state index is 0.870. The second kappa shape index (κ2) is 8.44. The molecule has 2 heteroatoms. The smallest absolute Gasteiger partial charge is 0.0256 e. The van der Waals surface area contributed by atoms with Gasteiger partial charge in [-0.3, -0.25) is 0 Å². The predicted molar refractivity (Wildman–Crippen MR) is 139 cm³/mol. The Hall–Kier alpha value is -4.30. The van der Waals surface area contributed by atoms with Gasteiger partial charge in [-0.25, -0.2) is 0 Å². The van der Waals surface area contributed by atoms with Gasteiger partial charge in [0.15, 0.2) is 0 Å². The molecule has 0 heterocycles. The highest BCUT2D eigenvalue weighted by atomic mass is 14.3. The van der Waals surface area contributed by atoms with Crippen molar-refractivity contribution in [1.82, 2.24) is 0 Å². The van der Waals surface area contributed by atoms with Crippen LogP contribution in [0.2, 0.25) is 0 Å². The summed E-state index contributed by atoms with van der Waals surface area (Å²) in [7, 11) is 0. The summed E-state index contributed by atoms with van der Waals surface area (Å²) in [5.74, 6) is 0. The maximum atomic E-state index is 8.01. The Morgan fingerprint density at radius 2 is 1.25 bits per heavy atom. The lowest BCUT2D eigenvalue weighted by Gasteiger charge is -2.09. The van der Waals surface area contributed by atoms with E-state index in [9.17, 15) is 0 Å². The number of allylic oxidation sites excluding steroid dienone is 8. The zero-order valence-corrected chi connectivity index (χ0v) is 17.5. The van der Waals surface area contributed by atoms with Gasteiger partial charge < -0.3 is 10.8 Å². The summed E-state index contributed by atoms with van der Waals surface area (Å²) >= 11 is 0. The molecule has 1 aliphatic rings. The van der Waals surface area contributed by atoms with Gasteiger partial charge in [0.05, 0.1) is 0 Å². The van der Waals surface area contributed by atoms with Crippen LogP contribution >= 0.6 is 0 Å². The summed E-state index contributed by atoms with van der Waals surface area (Å²) < 4.78 is 0. The molecule has 2 nitrogen and oxygen atoms in total. The number of nitrogens with one attached hydrogen (secondary N) is 2. The largest absolute Gasteiger partial charge is 0.309 e. The van der Waals surface area contributed by atoms with E-state index in [2.05, 4.69) is 66.7 Å². The molecule has 0 bridgehead atoms. The van der Waals surface area contributed by atoms with Crippen LogP contribution in [0, 0.1) is 10.8 Å². The molecule has 152 valence electrons. The summed E-state index contributed by atoms with van der Waals surface area (Å²) in [6.45, 7) is 0. The van der Waals surface area contributed by atoms with Gasteiger partial charge in [0, 0.05) is 12.4 Å². The minimum Gasteiger partial charge on any atom is -0.309 e. The molecule has 0 spiro atoms. The van der Waals surface area contributed by atoms with Crippen LogP contribution in [0.15, 0.2) is 109 Å². The molecule has 32 heavy (non-hydrogen) atoms. The first kappa shape index (κ1) is 19.7. The zero-order valence-electron chi connectivity index (χ0n) is 17.5. The first-order valence-electron chi connectivity index (χ1n) is 10.6. The number of hydrogen-bond acceptors (Lipinski definition) is 2. The maximum absolute atomic E-state index is 8.01. The Morgan fingerprint density at radius 3 is 1.94 bits per heavy atom. The Kier molecular flexibility index (Phi) is 5.19. The van der Waals surface area contributed by atoms with E-state index >= 15 is 0 Å². The normalized spacial score (nSPS) is 13.1. The number of hydrogen-bond donors (Lipinski definition) is 2. The molecule has 0 saturated heterocycles. The van der Waals surface area contributed by atoms with Gasteiger partial charge in [0.25, 0.3) is 0 Å². The van der Waals surface area contributed by atoms with Crippen LogP contribution in [0.1, 0.15) is 5.56 Å². The van der Waals surface area contributed by atoms with E-state index < -0.39 is 0 Å². The fourth-order valence-corrected chi connectivity index (χ4v) is 4.48. The summed E-state index contributed by atoms with van der Waals surface area (Å²) in [6, 6.07) is 23.9. The first-order valence-corrected chi connectivity index (χ1v) is 10.6. The molecule has 2 N–H and O–H groups in total. The molecule has 0 saturated carbocycles. The lowest BCUT2D eigenvalue weighted by atomic mass is 9.94. The molecule has 0 unspecified atom stereocenters. The fourth-order valence-electron chi connectivity index (χ4n) is 4.48. The summed E-state index contributed by atoms with van der Waals surface area (Å²) in [5, 5.41) is 19.9. The molecule has 0 amide bonds. The lowest BCUT2D eigenvalue weighted by molar-refractivity contribution is 1.57. The Balaban J connectivity index is 1.62. The van der Waals surface area contributed by atoms with Crippen molar-refractivity contribution in [3.8, 4) is 22.3 Å². The second-order valence-corrected chi connectivity index (χ2v) is 7.72. The number of rotatable bonds is 6. The summed E-state index contributed by atoms with van der Waals surface area (Å²) in [5.41, 5.74) is 7.03. The van der Waals surface area contributed by atoms with Crippen LogP contribution in [0.5, 0.6) is 0 Å². The molecule has 0 fully saturated rings. The van der Waals surface area contributed by atoms with Gasteiger partial charge in [0.1, 0.15) is 0 Å². The Labute approximate surface area is 187 Å². The number of benzene rings is 4. The average Bonchev–Trinajstić information content (AvgIpc) is 3.14. The van der Waals surface area contributed by atoms with Gasteiger partial charge in [-0.1, -0.05) is 91.1 Å². The standard InChI is InChI=1S/C30H22N2/c31-17-8-4-2-1-3-5-12-23(20-32)24-15-16-27-29-19-22-11-7-6-10-21(22)18-28(29)26-14-9-13-25(24)30(26)27/h1-20,31-32H/b2-1+,5-3+,8-4-,23-12+,31-17?,32-20?. The van der Waals surface area contributed by atoms with E-state index in [1.807, 2.05) is 36.5 Å². The lowest BCUT2D eigenvalue weighted by Crippen LogP contribution is -1.88. The van der Waals surface area contributed by atoms with Crippen molar-refractivity contribution in [1.29, 1.82) is 10.8 Å². The van der Waals surface area contributed by atoms with Gasteiger partial charge >= 0.3 is 0 Å². The maximum Gasteiger partial charge on any atom is 0.0256 e. The van der Waals surface area contributed by atoms with Crippen LogP contribution < -0.4 is 0 Å². The molecular formula is C30H22N2. The highest BCUT2D eigenvalue weighted by molar-refractivity contribution is 6.22. The van der Waals surface area contributed by atoms with Crippen LogP contribution in [-0.2, 0) is 0 Å². The first-order chi connectivity index (χ1) is 15.8. The van der Waals surface area contributed by atoms with E-state index in [-0.39, 0.29) is 0 Å². The van der Waals surface area contributed by atoms with E-state index in [1.165, 1.54) is 56.2 Å². The molecule has 4 aromatic rings. The second-order valence-electron chi connectivity index (χ2n) is 7.72. The van der Waals surface area contributed by atoms with Crippen LogP contribution in [-0.4, -0.2) is 12.4 Å². The van der Waals surface area contributed by atoms with E-state index in [1.54, 1.807) is 6.08 Å². The topological polar surface area (TPSA) is 47.7 Å². The third-order valence-corrected chi connectivity index (χ3v) is 5.90. The van der Waals surface area contributed by atoms with E-state index in [0.717, 1.165) is 11.1 Å². The SMILES string of the molecule is N=C\C=C/C=C/C=C/C=C(\C=N)c1ccc2c3c(cccc13)-c1cc3ccccc3cc1-2. The highest BCUT2D eigenvalue weighted by Crippen LogP contribution is 2.49. The van der Waals surface area contributed by atoms with Crippen LogP contribution in [0.25, 0.3) is 49.4 Å². The fraction of sp³-hybridized carbons (Fsp3) is 0. The monoisotopic (exact) mass is 410 g/mol. The molecule has 0 radical (unpaired) electrons. The number of fused-ring (bicyclic) bond motifs is 4. The highest BCUT2D eigenvalue weighted by Gasteiger charge is 2.23. The van der Waals surface area contributed by atoms with Crippen molar-refractivity contribution in [2.45, 2.75) is 0 Å². The van der Waals surface area contributed by atoms with Crippen LogP contribution in [0.3, 0.4) is 0 Å². The van der Waals surface area contributed by atoms with Gasteiger partial charge in [-0.2, -0.15) is 0 Å². The molecule has 5 rings (SSSR count). The molecule has 0 aromatic heterocycles. The summed E-state index contributed by atoms with van der Waals surface area (Å²) in [4.78, 5) is 0. The van der Waals surface area contributed by atoms with E-state index in [4.69, 9.17) is 10.8 Å². The van der Waals surface area contributed by atoms with Gasteiger partial charge in [0.2, 0.25) is 0 Å². The van der Waals surface area contributed by atoms with Crippen molar-refractivity contribution in [2.24, 2.45) is 0 Å². The van der Waals surface area contributed by atoms with Crippen molar-refractivity contribution >= 4 is 39.5 Å². The van der Waals surface area contributed by atoms with Gasteiger partial charge in [-0.05, 0) is 73.1 Å². The molecule has 1 aliphatic carbocycles. The predicted octanol–water partition coefficient (Wildman–Crippen LogP) is 7.99. The Morgan fingerprint density at radius 1 is 0.594 bits per heavy atom. The van der Waals surface area contributed by atoms with E-state index in [0.29, 0.717) is 0 Å². The third kappa shape index (κ3) is 3.32. The van der Waals surface area contributed by atoms with Crippen LogP contribution in [0.4, 0.5) is 0 Å². The molecule has 0 atom stereocenters. The minimum absolute atomic E-state index is 0.870. The Bertz CT molecular complexity index is 1450. The van der Waals surface area contributed by atoms with Crippen molar-refractivity contribution in [3.63, 3.8) is 0 Å². The summed E-state index contributed by atoms with van der Waals surface area (Å²) in [6.07, 6.45) is 15.8. The quantitative estimate of drug-likeness (QED) is 0.210. The third-order valence-electron chi connectivity index (χ3n) is 5.90. The van der Waals surface area contributed by atoms with Crippen molar-refractivity contribution in [2.75, 3.05) is 0 Å². The molecular weight excluding hydrogens is 388 g/mol.